The third-order valence-electron chi connectivity index (χ3n) is 4.62. The summed E-state index contributed by atoms with van der Waals surface area (Å²) in [6.45, 7) is 5.36. The Balaban J connectivity index is 1.57. The lowest BCUT2D eigenvalue weighted by Crippen LogP contribution is -2.35. The molecule has 0 aliphatic carbocycles. The lowest BCUT2D eigenvalue weighted by atomic mass is 10.0. The minimum atomic E-state index is 0.559. The summed E-state index contributed by atoms with van der Waals surface area (Å²) in [6, 6.07) is 5.72. The number of nitrogens with zero attached hydrogens (tertiary/aromatic N) is 3. The molecule has 1 atom stereocenters. The number of hydrogen-bond acceptors (Lipinski definition) is 7. The van der Waals surface area contributed by atoms with E-state index in [1.165, 1.54) is 6.42 Å². The number of aromatic nitrogens is 2. The molecule has 1 fully saturated rings. The first-order chi connectivity index (χ1) is 12.2. The van der Waals surface area contributed by atoms with Crippen molar-refractivity contribution in [1.29, 1.82) is 0 Å². The smallest absolute Gasteiger partial charge is 0.163 e. The molecule has 3 heterocycles. The van der Waals surface area contributed by atoms with E-state index in [0.29, 0.717) is 30.6 Å². The van der Waals surface area contributed by atoms with Crippen LogP contribution in [0.3, 0.4) is 0 Å². The maximum absolute atomic E-state index is 6.36. The third-order valence-corrected chi connectivity index (χ3v) is 4.62. The van der Waals surface area contributed by atoms with Crippen LogP contribution in [0.15, 0.2) is 24.5 Å². The van der Waals surface area contributed by atoms with Crippen molar-refractivity contribution in [3.63, 3.8) is 0 Å². The van der Waals surface area contributed by atoms with E-state index in [-0.39, 0.29) is 0 Å². The minimum absolute atomic E-state index is 0.559. The highest BCUT2D eigenvalue weighted by Crippen LogP contribution is 2.35. The topological polar surface area (TPSA) is 85.5 Å². The number of hydrogen-bond donors (Lipinski definition) is 2. The molecule has 2 aliphatic rings. The van der Waals surface area contributed by atoms with Crippen LogP contribution in [0.2, 0.25) is 0 Å². The van der Waals surface area contributed by atoms with Gasteiger partial charge in [0, 0.05) is 24.8 Å². The largest absolute Gasteiger partial charge is 0.486 e. The van der Waals surface area contributed by atoms with Crippen molar-refractivity contribution in [2.45, 2.75) is 19.8 Å². The molecule has 0 spiro atoms. The normalized spacial score (nSPS) is 19.6. The van der Waals surface area contributed by atoms with Crippen LogP contribution in [-0.2, 0) is 0 Å². The van der Waals surface area contributed by atoms with Gasteiger partial charge in [-0.05, 0) is 30.9 Å². The molecule has 3 N–H and O–H groups in total. The Labute approximate surface area is 147 Å². The monoisotopic (exact) mass is 341 g/mol. The zero-order chi connectivity index (χ0) is 17.2. The zero-order valence-electron chi connectivity index (χ0n) is 14.4. The number of fused-ring (bicyclic) bond motifs is 1. The minimum Gasteiger partial charge on any atom is -0.486 e. The van der Waals surface area contributed by atoms with Gasteiger partial charge in [-0.15, -0.1) is 0 Å². The molecule has 1 saturated heterocycles. The van der Waals surface area contributed by atoms with Crippen LogP contribution in [0, 0.1) is 5.92 Å². The lowest BCUT2D eigenvalue weighted by Gasteiger charge is -2.32. The number of rotatable bonds is 3. The van der Waals surface area contributed by atoms with Gasteiger partial charge in [0.05, 0.1) is 0 Å². The first-order valence-corrected chi connectivity index (χ1v) is 8.73. The average Bonchev–Trinajstić information content (AvgIpc) is 2.63. The Morgan fingerprint density at radius 2 is 2.04 bits per heavy atom. The molecule has 2 aromatic rings. The van der Waals surface area contributed by atoms with E-state index in [2.05, 4.69) is 27.1 Å². The van der Waals surface area contributed by atoms with Crippen molar-refractivity contribution in [2.24, 2.45) is 5.92 Å². The van der Waals surface area contributed by atoms with Crippen molar-refractivity contribution in [3.8, 4) is 11.5 Å². The van der Waals surface area contributed by atoms with Crippen LogP contribution in [0.4, 0.5) is 23.0 Å². The fourth-order valence-corrected chi connectivity index (χ4v) is 3.38. The Morgan fingerprint density at radius 1 is 1.20 bits per heavy atom. The van der Waals surface area contributed by atoms with Crippen LogP contribution in [0.5, 0.6) is 11.5 Å². The summed E-state index contributed by atoms with van der Waals surface area (Å²) in [5, 5.41) is 3.27. The predicted molar refractivity (Wildman–Crippen MR) is 97.8 cm³/mol. The molecule has 0 bridgehead atoms. The van der Waals surface area contributed by atoms with Gasteiger partial charge in [-0.1, -0.05) is 6.92 Å². The number of piperidine rings is 1. The molecule has 1 aromatic heterocycles. The molecular formula is C18H23N5O2. The Hall–Kier alpha value is -2.70. The molecule has 25 heavy (non-hydrogen) atoms. The van der Waals surface area contributed by atoms with Gasteiger partial charge in [0.15, 0.2) is 23.1 Å². The van der Waals surface area contributed by atoms with E-state index < -0.39 is 0 Å². The highest BCUT2D eigenvalue weighted by molar-refractivity contribution is 5.78. The third kappa shape index (κ3) is 3.26. The summed E-state index contributed by atoms with van der Waals surface area (Å²) in [6.07, 6.45) is 3.98. The lowest BCUT2D eigenvalue weighted by molar-refractivity contribution is 0.171. The molecule has 1 aromatic carbocycles. The van der Waals surface area contributed by atoms with E-state index in [1.807, 2.05) is 18.2 Å². The van der Waals surface area contributed by atoms with E-state index in [4.69, 9.17) is 15.2 Å². The Morgan fingerprint density at radius 3 is 2.88 bits per heavy atom. The van der Waals surface area contributed by atoms with Crippen LogP contribution in [0.25, 0.3) is 0 Å². The molecule has 7 nitrogen and oxygen atoms in total. The molecule has 7 heteroatoms. The van der Waals surface area contributed by atoms with Crippen molar-refractivity contribution >= 4 is 23.0 Å². The summed E-state index contributed by atoms with van der Waals surface area (Å²) in [5.41, 5.74) is 7.79. The fourth-order valence-electron chi connectivity index (χ4n) is 3.38. The maximum atomic E-state index is 6.36. The van der Waals surface area contributed by atoms with Crippen molar-refractivity contribution in [2.75, 3.05) is 42.3 Å². The molecule has 0 saturated carbocycles. The second-order valence-electron chi connectivity index (χ2n) is 6.64. The average molecular weight is 341 g/mol. The Kier molecular flexibility index (Phi) is 4.21. The Bertz CT molecular complexity index is 767. The van der Waals surface area contributed by atoms with Gasteiger partial charge in [-0.3, -0.25) is 0 Å². The van der Waals surface area contributed by atoms with Crippen LogP contribution in [0.1, 0.15) is 19.8 Å². The molecule has 0 radical (unpaired) electrons. The van der Waals surface area contributed by atoms with Gasteiger partial charge in [0.1, 0.15) is 25.2 Å². The molecular weight excluding hydrogens is 318 g/mol. The van der Waals surface area contributed by atoms with E-state index >= 15 is 0 Å². The summed E-state index contributed by atoms with van der Waals surface area (Å²) >= 11 is 0. The summed E-state index contributed by atoms with van der Waals surface area (Å²) < 4.78 is 11.2. The highest BCUT2D eigenvalue weighted by Gasteiger charge is 2.21. The molecule has 0 amide bonds. The van der Waals surface area contributed by atoms with Gasteiger partial charge in [0.25, 0.3) is 0 Å². The van der Waals surface area contributed by atoms with Gasteiger partial charge >= 0.3 is 0 Å². The summed E-state index contributed by atoms with van der Waals surface area (Å²) in [5.74, 6) is 3.56. The highest BCUT2D eigenvalue weighted by atomic mass is 16.6. The number of benzene rings is 1. The number of anilines is 4. The number of nitrogens with one attached hydrogen (secondary N) is 1. The van der Waals surface area contributed by atoms with E-state index in [1.54, 1.807) is 6.33 Å². The molecule has 4 rings (SSSR count). The SMILES string of the molecule is CC1CCCN(c2ncnc(Nc3ccc4c(c3)OCCO4)c2N)C1. The van der Waals surface area contributed by atoms with Crippen molar-refractivity contribution < 1.29 is 9.47 Å². The number of ether oxygens (including phenoxy) is 2. The number of nitrogen functional groups attached to an aromatic ring is 1. The van der Waals surface area contributed by atoms with Crippen molar-refractivity contribution in [1.82, 2.24) is 9.97 Å². The van der Waals surface area contributed by atoms with Gasteiger partial charge in [0.2, 0.25) is 0 Å². The quantitative estimate of drug-likeness (QED) is 0.888. The first-order valence-electron chi connectivity index (χ1n) is 8.73. The maximum Gasteiger partial charge on any atom is 0.163 e. The van der Waals surface area contributed by atoms with Gasteiger partial charge < -0.3 is 25.4 Å². The van der Waals surface area contributed by atoms with Crippen LogP contribution < -0.4 is 25.4 Å². The summed E-state index contributed by atoms with van der Waals surface area (Å²) in [4.78, 5) is 11.0. The second kappa shape index (κ2) is 6.66. The fraction of sp³-hybridized carbons (Fsp3) is 0.444. The van der Waals surface area contributed by atoms with E-state index in [0.717, 1.165) is 42.5 Å². The second-order valence-corrected chi connectivity index (χ2v) is 6.64. The van der Waals surface area contributed by atoms with Crippen LogP contribution in [-0.4, -0.2) is 36.3 Å². The van der Waals surface area contributed by atoms with Crippen LogP contribution >= 0.6 is 0 Å². The standard InChI is InChI=1S/C18H23N5O2/c1-12-3-2-6-23(10-12)18-16(19)17(20-11-21-18)22-13-4-5-14-15(9-13)25-8-7-24-14/h4-5,9,11-12H,2-3,6-8,10,19H2,1H3,(H,20,21,22). The molecule has 1 unspecified atom stereocenters. The zero-order valence-corrected chi connectivity index (χ0v) is 14.4. The predicted octanol–water partition coefficient (Wildman–Crippen LogP) is 2.81. The summed E-state index contributed by atoms with van der Waals surface area (Å²) in [7, 11) is 0. The molecule has 2 aliphatic heterocycles. The number of nitrogens with two attached hydrogens (primary N) is 1. The van der Waals surface area contributed by atoms with Gasteiger partial charge in [-0.2, -0.15) is 0 Å². The van der Waals surface area contributed by atoms with Gasteiger partial charge in [-0.25, -0.2) is 9.97 Å². The first kappa shape index (κ1) is 15.8. The van der Waals surface area contributed by atoms with E-state index in [9.17, 15) is 0 Å². The van der Waals surface area contributed by atoms with Crippen molar-refractivity contribution in [3.05, 3.63) is 24.5 Å². The molecule has 132 valence electrons.